The highest BCUT2D eigenvalue weighted by molar-refractivity contribution is 7.92. The van der Waals surface area contributed by atoms with Crippen LogP contribution in [0, 0.1) is 5.92 Å². The lowest BCUT2D eigenvalue weighted by atomic mass is 9.90. The molecule has 1 fully saturated rings. The van der Waals surface area contributed by atoms with Crippen molar-refractivity contribution in [1.82, 2.24) is 4.98 Å². The van der Waals surface area contributed by atoms with Crippen molar-refractivity contribution in [3.63, 3.8) is 0 Å². The number of sulfonamides is 1. The number of hydrogen-bond acceptors (Lipinski definition) is 6. The van der Waals surface area contributed by atoms with E-state index in [9.17, 15) is 13.2 Å². The fourth-order valence-corrected chi connectivity index (χ4v) is 4.38. The number of carbonyl (C=O) groups is 1. The first-order valence-electron chi connectivity index (χ1n) is 6.29. The van der Waals surface area contributed by atoms with E-state index in [4.69, 9.17) is 4.74 Å². The summed E-state index contributed by atoms with van der Waals surface area (Å²) >= 11 is 1.17. The van der Waals surface area contributed by atoms with Crippen LogP contribution in [0.5, 0.6) is 0 Å². The summed E-state index contributed by atoms with van der Waals surface area (Å²) in [5.74, 6) is 0.0103. The van der Waals surface area contributed by atoms with Gasteiger partial charge in [0.25, 0.3) is 0 Å². The molecule has 0 radical (unpaired) electrons. The Hall–Kier alpha value is -1.15. The predicted molar refractivity (Wildman–Crippen MR) is 77.3 cm³/mol. The first-order chi connectivity index (χ1) is 9.24. The molecule has 0 bridgehead atoms. The topological polar surface area (TPSA) is 85.4 Å². The number of ether oxygens (including phenoxy) is 1. The van der Waals surface area contributed by atoms with Gasteiger partial charge >= 0.3 is 5.97 Å². The third-order valence-corrected chi connectivity index (χ3v) is 5.54. The van der Waals surface area contributed by atoms with Crippen LogP contribution in [0.3, 0.4) is 0 Å². The quantitative estimate of drug-likeness (QED) is 0.808. The Balaban J connectivity index is 2.10. The van der Waals surface area contributed by atoms with Crippen LogP contribution in [-0.4, -0.2) is 32.2 Å². The molecule has 1 aliphatic carbocycles. The molecule has 1 aliphatic rings. The van der Waals surface area contributed by atoms with Crippen molar-refractivity contribution >= 4 is 32.5 Å². The molecule has 0 unspecified atom stereocenters. The van der Waals surface area contributed by atoms with Crippen LogP contribution in [0.2, 0.25) is 0 Å². The minimum atomic E-state index is -3.35. The van der Waals surface area contributed by atoms with Gasteiger partial charge in [-0.3, -0.25) is 9.52 Å². The lowest BCUT2D eigenvalue weighted by Gasteiger charge is -2.18. The molecule has 8 heteroatoms. The maximum absolute atomic E-state index is 11.9. The SMILES string of the molecule is COC(=O)C(C)(C)c1csc(NS(=O)(=O)CC2CC2)n1. The second kappa shape index (κ2) is 5.33. The minimum absolute atomic E-state index is 0.141. The zero-order valence-corrected chi connectivity index (χ0v) is 13.3. The van der Waals surface area contributed by atoms with Gasteiger partial charge in [-0.25, -0.2) is 13.4 Å². The van der Waals surface area contributed by atoms with Crippen molar-refractivity contribution in [2.75, 3.05) is 17.6 Å². The van der Waals surface area contributed by atoms with Crippen molar-refractivity contribution in [2.45, 2.75) is 32.1 Å². The highest BCUT2D eigenvalue weighted by Gasteiger charge is 2.34. The number of nitrogens with zero attached hydrogens (tertiary/aromatic N) is 1. The molecule has 1 saturated carbocycles. The molecule has 1 aromatic rings. The van der Waals surface area contributed by atoms with E-state index in [1.807, 2.05) is 0 Å². The predicted octanol–water partition coefficient (Wildman–Crippen LogP) is 1.75. The van der Waals surface area contributed by atoms with Gasteiger partial charge in [0.05, 0.1) is 18.6 Å². The van der Waals surface area contributed by atoms with Crippen molar-refractivity contribution in [3.8, 4) is 0 Å². The van der Waals surface area contributed by atoms with Crippen LogP contribution < -0.4 is 4.72 Å². The van der Waals surface area contributed by atoms with Crippen molar-refractivity contribution in [3.05, 3.63) is 11.1 Å². The zero-order chi connectivity index (χ0) is 15.0. The van der Waals surface area contributed by atoms with Gasteiger partial charge in [-0.05, 0) is 32.6 Å². The molecule has 0 aromatic carbocycles. The third-order valence-electron chi connectivity index (χ3n) is 3.24. The number of methoxy groups -OCH3 is 1. The Morgan fingerprint density at radius 3 is 2.75 bits per heavy atom. The molecule has 0 aliphatic heterocycles. The largest absolute Gasteiger partial charge is 0.468 e. The lowest BCUT2D eigenvalue weighted by molar-refractivity contribution is -0.146. The van der Waals surface area contributed by atoms with Gasteiger partial charge in [-0.1, -0.05) is 0 Å². The molecule has 1 heterocycles. The summed E-state index contributed by atoms with van der Waals surface area (Å²) in [6.07, 6.45) is 1.94. The number of hydrogen-bond donors (Lipinski definition) is 1. The lowest BCUT2D eigenvalue weighted by Crippen LogP contribution is -2.30. The Kier molecular flexibility index (Phi) is 4.06. The van der Waals surface area contributed by atoms with Crippen LogP contribution in [0.15, 0.2) is 5.38 Å². The van der Waals surface area contributed by atoms with Gasteiger partial charge in [-0.15, -0.1) is 11.3 Å². The first kappa shape index (κ1) is 15.2. The summed E-state index contributed by atoms with van der Waals surface area (Å²) in [7, 11) is -2.03. The van der Waals surface area contributed by atoms with Crippen molar-refractivity contribution in [1.29, 1.82) is 0 Å². The molecule has 0 atom stereocenters. The third kappa shape index (κ3) is 3.49. The van der Waals surface area contributed by atoms with E-state index in [1.165, 1.54) is 18.4 Å². The highest BCUT2D eigenvalue weighted by Crippen LogP contribution is 2.32. The van der Waals surface area contributed by atoms with Gasteiger partial charge < -0.3 is 4.74 Å². The number of nitrogens with one attached hydrogen (secondary N) is 1. The number of rotatable bonds is 6. The molecule has 0 saturated heterocycles. The fourth-order valence-electron chi connectivity index (χ4n) is 1.74. The van der Waals surface area contributed by atoms with E-state index in [-0.39, 0.29) is 16.8 Å². The Morgan fingerprint density at radius 1 is 1.55 bits per heavy atom. The second-order valence-corrected chi connectivity index (χ2v) is 8.11. The Morgan fingerprint density at radius 2 is 2.20 bits per heavy atom. The number of anilines is 1. The molecular formula is C12H18N2O4S2. The summed E-state index contributed by atoms with van der Waals surface area (Å²) in [6.45, 7) is 3.38. The van der Waals surface area contributed by atoms with Crippen molar-refractivity contribution in [2.24, 2.45) is 5.92 Å². The molecule has 0 spiro atoms. The van der Waals surface area contributed by atoms with E-state index in [2.05, 4.69) is 9.71 Å². The van der Waals surface area contributed by atoms with Crippen LogP contribution >= 0.6 is 11.3 Å². The summed E-state index contributed by atoms with van der Waals surface area (Å²) in [6, 6.07) is 0. The molecule has 20 heavy (non-hydrogen) atoms. The zero-order valence-electron chi connectivity index (χ0n) is 11.7. The van der Waals surface area contributed by atoms with Gasteiger partial charge in [0.1, 0.15) is 5.41 Å². The van der Waals surface area contributed by atoms with Crippen LogP contribution in [0.25, 0.3) is 0 Å². The summed E-state index contributed by atoms with van der Waals surface area (Å²) in [5, 5.41) is 1.96. The summed E-state index contributed by atoms with van der Waals surface area (Å²) < 4.78 is 30.9. The van der Waals surface area contributed by atoms with Crippen LogP contribution in [0.4, 0.5) is 5.13 Å². The van der Waals surface area contributed by atoms with Gasteiger partial charge in [0, 0.05) is 5.38 Å². The van der Waals surface area contributed by atoms with E-state index < -0.39 is 21.4 Å². The molecule has 2 rings (SSSR count). The Labute approximate surface area is 122 Å². The van der Waals surface area contributed by atoms with Gasteiger partial charge in [-0.2, -0.15) is 0 Å². The highest BCUT2D eigenvalue weighted by atomic mass is 32.2. The van der Waals surface area contributed by atoms with Gasteiger partial charge in [0.15, 0.2) is 5.13 Å². The van der Waals surface area contributed by atoms with E-state index in [1.54, 1.807) is 19.2 Å². The van der Waals surface area contributed by atoms with Gasteiger partial charge in [0.2, 0.25) is 10.0 Å². The van der Waals surface area contributed by atoms with Crippen molar-refractivity contribution < 1.29 is 17.9 Å². The standard InChI is InChI=1S/C12H18N2O4S2/c1-12(2,10(15)18-3)9-6-19-11(13-9)14-20(16,17)7-8-4-5-8/h6,8H,4-5,7H2,1-3H3,(H,13,14). The van der Waals surface area contributed by atoms with Crippen LogP contribution in [-0.2, 0) is 25.0 Å². The maximum atomic E-state index is 11.9. The molecular weight excluding hydrogens is 300 g/mol. The molecule has 6 nitrogen and oxygen atoms in total. The van der Waals surface area contributed by atoms with E-state index in [0.29, 0.717) is 5.69 Å². The normalized spacial score (nSPS) is 15.9. The number of aromatic nitrogens is 1. The number of carbonyl (C=O) groups excluding carboxylic acids is 1. The minimum Gasteiger partial charge on any atom is -0.468 e. The summed E-state index contributed by atoms with van der Waals surface area (Å²) in [4.78, 5) is 15.9. The van der Waals surface area contributed by atoms with E-state index in [0.717, 1.165) is 12.8 Å². The second-order valence-electron chi connectivity index (χ2n) is 5.48. The van der Waals surface area contributed by atoms with Crippen LogP contribution in [0.1, 0.15) is 32.4 Å². The number of esters is 1. The molecule has 0 amide bonds. The fraction of sp³-hybridized carbons (Fsp3) is 0.667. The molecule has 1 aromatic heterocycles. The first-order valence-corrected chi connectivity index (χ1v) is 8.83. The molecule has 1 N–H and O–H groups in total. The average Bonchev–Trinajstić information content (AvgIpc) is 3.02. The number of thiazole rings is 1. The average molecular weight is 318 g/mol. The monoisotopic (exact) mass is 318 g/mol. The van der Waals surface area contributed by atoms with E-state index >= 15 is 0 Å². The smallest absolute Gasteiger partial charge is 0.317 e. The summed E-state index contributed by atoms with van der Waals surface area (Å²) in [5.41, 5.74) is -0.399. The maximum Gasteiger partial charge on any atom is 0.317 e. The Bertz CT molecular complexity index is 603. The molecule has 112 valence electrons.